The van der Waals surface area contributed by atoms with Gasteiger partial charge in [0.25, 0.3) is 5.69 Å². The molecular weight excluding hydrogens is 237 g/mol. The standard InChI is InChI=1S/C10H5Cl2NO2/c11-7-3-1-2-6-9(13(14)15)5-4-8(12)10(6)7/h1-5H. The molecule has 0 saturated carbocycles. The molecule has 0 N–H and O–H groups in total. The molecule has 0 spiro atoms. The molecule has 0 aliphatic heterocycles. The summed E-state index contributed by atoms with van der Waals surface area (Å²) < 4.78 is 0. The van der Waals surface area contributed by atoms with Crippen LogP contribution in [0.1, 0.15) is 0 Å². The average Bonchev–Trinajstić information content (AvgIpc) is 2.17. The summed E-state index contributed by atoms with van der Waals surface area (Å²) in [7, 11) is 0. The summed E-state index contributed by atoms with van der Waals surface area (Å²) in [4.78, 5) is 10.3. The fourth-order valence-electron chi connectivity index (χ4n) is 1.46. The Bertz CT molecular complexity index is 546. The predicted molar refractivity (Wildman–Crippen MR) is 60.6 cm³/mol. The lowest BCUT2D eigenvalue weighted by molar-refractivity contribution is -0.383. The van der Waals surface area contributed by atoms with Crippen LogP contribution in [0.15, 0.2) is 30.3 Å². The van der Waals surface area contributed by atoms with Gasteiger partial charge < -0.3 is 0 Å². The van der Waals surface area contributed by atoms with Gasteiger partial charge in [-0.15, -0.1) is 0 Å². The molecule has 76 valence electrons. The number of nitro benzene ring substituents is 1. The number of hydrogen-bond acceptors (Lipinski definition) is 2. The normalized spacial score (nSPS) is 10.5. The molecule has 5 heteroatoms. The monoisotopic (exact) mass is 241 g/mol. The third-order valence-corrected chi connectivity index (χ3v) is 2.74. The molecule has 2 aromatic rings. The highest BCUT2D eigenvalue weighted by Gasteiger charge is 2.14. The van der Waals surface area contributed by atoms with Crippen molar-refractivity contribution < 1.29 is 4.92 Å². The number of hydrogen-bond donors (Lipinski definition) is 0. The van der Waals surface area contributed by atoms with E-state index in [1.54, 1.807) is 18.2 Å². The van der Waals surface area contributed by atoms with Crippen molar-refractivity contribution in [1.82, 2.24) is 0 Å². The van der Waals surface area contributed by atoms with Gasteiger partial charge in [-0.3, -0.25) is 10.1 Å². The van der Waals surface area contributed by atoms with E-state index in [-0.39, 0.29) is 5.69 Å². The Hall–Kier alpha value is -1.32. The maximum atomic E-state index is 10.8. The topological polar surface area (TPSA) is 43.1 Å². The van der Waals surface area contributed by atoms with Gasteiger partial charge in [0.15, 0.2) is 0 Å². The smallest absolute Gasteiger partial charge is 0.258 e. The van der Waals surface area contributed by atoms with Crippen molar-refractivity contribution in [3.05, 3.63) is 50.5 Å². The molecule has 2 rings (SSSR count). The summed E-state index contributed by atoms with van der Waals surface area (Å²) >= 11 is 11.9. The zero-order chi connectivity index (χ0) is 11.0. The SMILES string of the molecule is O=[N+]([O-])c1ccc(Cl)c2c(Cl)cccc12. The molecule has 0 atom stereocenters. The Morgan fingerprint density at radius 3 is 2.40 bits per heavy atom. The van der Waals surface area contributed by atoms with E-state index in [9.17, 15) is 10.1 Å². The number of nitrogens with zero attached hydrogens (tertiary/aromatic N) is 1. The first-order valence-electron chi connectivity index (χ1n) is 4.12. The second-order valence-electron chi connectivity index (χ2n) is 2.99. The van der Waals surface area contributed by atoms with Crippen LogP contribution in [-0.2, 0) is 0 Å². The summed E-state index contributed by atoms with van der Waals surface area (Å²) in [6.07, 6.45) is 0. The minimum atomic E-state index is -0.449. The van der Waals surface area contributed by atoms with Crippen LogP contribution in [0.5, 0.6) is 0 Å². The fourth-order valence-corrected chi connectivity index (χ4v) is 2.06. The molecule has 0 aliphatic rings. The minimum absolute atomic E-state index is 0.0110. The Labute approximate surface area is 95.4 Å². The molecule has 0 unspecified atom stereocenters. The minimum Gasteiger partial charge on any atom is -0.258 e. The molecule has 0 saturated heterocycles. The van der Waals surface area contributed by atoms with Crippen LogP contribution < -0.4 is 0 Å². The molecule has 3 nitrogen and oxygen atoms in total. The van der Waals surface area contributed by atoms with Gasteiger partial charge in [0, 0.05) is 11.5 Å². The Balaban J connectivity index is 2.95. The van der Waals surface area contributed by atoms with E-state index in [2.05, 4.69) is 0 Å². The Morgan fingerprint density at radius 2 is 1.73 bits per heavy atom. The maximum Gasteiger partial charge on any atom is 0.277 e. The van der Waals surface area contributed by atoms with E-state index in [0.29, 0.717) is 20.8 Å². The van der Waals surface area contributed by atoms with E-state index in [1.165, 1.54) is 12.1 Å². The molecule has 0 aliphatic carbocycles. The number of fused-ring (bicyclic) bond motifs is 1. The summed E-state index contributed by atoms with van der Waals surface area (Å²) in [6, 6.07) is 7.80. The molecule has 0 fully saturated rings. The number of rotatable bonds is 1. The van der Waals surface area contributed by atoms with Gasteiger partial charge in [0.2, 0.25) is 0 Å². The third-order valence-electron chi connectivity index (χ3n) is 2.11. The van der Waals surface area contributed by atoms with Crippen molar-refractivity contribution in [2.45, 2.75) is 0 Å². The molecule has 0 amide bonds. The average molecular weight is 242 g/mol. The van der Waals surface area contributed by atoms with Gasteiger partial charge >= 0.3 is 0 Å². The summed E-state index contributed by atoms with van der Waals surface area (Å²) in [5.74, 6) is 0. The van der Waals surface area contributed by atoms with Crippen LogP contribution >= 0.6 is 23.2 Å². The van der Waals surface area contributed by atoms with Gasteiger partial charge in [-0.25, -0.2) is 0 Å². The van der Waals surface area contributed by atoms with Crippen molar-refractivity contribution in [2.75, 3.05) is 0 Å². The summed E-state index contributed by atoms with van der Waals surface area (Å²) in [6.45, 7) is 0. The van der Waals surface area contributed by atoms with Crippen LogP contribution in [-0.4, -0.2) is 4.92 Å². The lowest BCUT2D eigenvalue weighted by Gasteiger charge is -2.03. The van der Waals surface area contributed by atoms with Crippen molar-refractivity contribution in [3.63, 3.8) is 0 Å². The number of nitro groups is 1. The third kappa shape index (κ3) is 1.64. The second-order valence-corrected chi connectivity index (χ2v) is 3.80. The van der Waals surface area contributed by atoms with Crippen LogP contribution in [0.25, 0.3) is 10.8 Å². The van der Waals surface area contributed by atoms with E-state index >= 15 is 0 Å². The molecule has 2 aromatic carbocycles. The lowest BCUT2D eigenvalue weighted by atomic mass is 10.1. The highest BCUT2D eigenvalue weighted by molar-refractivity contribution is 6.42. The van der Waals surface area contributed by atoms with Crippen LogP contribution in [0.2, 0.25) is 10.0 Å². The molecule has 0 heterocycles. The summed E-state index contributed by atoms with van der Waals surface area (Å²) in [5.41, 5.74) is 0.0110. The first kappa shape index (κ1) is 10.2. The maximum absolute atomic E-state index is 10.8. The summed E-state index contributed by atoms with van der Waals surface area (Å²) in [5, 5.41) is 12.6. The van der Waals surface area contributed by atoms with Crippen molar-refractivity contribution >= 4 is 39.7 Å². The van der Waals surface area contributed by atoms with E-state index in [4.69, 9.17) is 23.2 Å². The van der Waals surface area contributed by atoms with Gasteiger partial charge in [0.1, 0.15) is 0 Å². The van der Waals surface area contributed by atoms with E-state index < -0.39 is 4.92 Å². The molecular formula is C10H5Cl2NO2. The molecule has 15 heavy (non-hydrogen) atoms. The number of halogens is 2. The fraction of sp³-hybridized carbons (Fsp3) is 0. The Morgan fingerprint density at radius 1 is 1.07 bits per heavy atom. The molecule has 0 radical (unpaired) electrons. The highest BCUT2D eigenvalue weighted by atomic mass is 35.5. The molecule has 0 aromatic heterocycles. The van der Waals surface area contributed by atoms with Gasteiger partial charge in [0.05, 0.1) is 20.4 Å². The zero-order valence-corrected chi connectivity index (χ0v) is 8.92. The number of non-ortho nitro benzene ring substituents is 1. The quantitative estimate of drug-likeness (QED) is 0.559. The van der Waals surface area contributed by atoms with Gasteiger partial charge in [-0.1, -0.05) is 29.3 Å². The van der Waals surface area contributed by atoms with Gasteiger partial charge in [-0.2, -0.15) is 0 Å². The highest BCUT2D eigenvalue weighted by Crippen LogP contribution is 2.35. The van der Waals surface area contributed by atoms with Crippen LogP contribution in [0.3, 0.4) is 0 Å². The van der Waals surface area contributed by atoms with E-state index in [1.807, 2.05) is 0 Å². The van der Waals surface area contributed by atoms with Crippen LogP contribution in [0, 0.1) is 10.1 Å². The Kier molecular flexibility index (Phi) is 2.50. The first-order valence-corrected chi connectivity index (χ1v) is 4.88. The largest absolute Gasteiger partial charge is 0.277 e. The zero-order valence-electron chi connectivity index (χ0n) is 7.41. The van der Waals surface area contributed by atoms with Crippen molar-refractivity contribution in [2.24, 2.45) is 0 Å². The molecule has 0 bridgehead atoms. The van der Waals surface area contributed by atoms with Crippen molar-refractivity contribution in [1.29, 1.82) is 0 Å². The van der Waals surface area contributed by atoms with Crippen LogP contribution in [0.4, 0.5) is 5.69 Å². The second kappa shape index (κ2) is 3.68. The van der Waals surface area contributed by atoms with Crippen molar-refractivity contribution in [3.8, 4) is 0 Å². The number of benzene rings is 2. The van der Waals surface area contributed by atoms with Gasteiger partial charge in [-0.05, 0) is 18.2 Å². The first-order chi connectivity index (χ1) is 7.11. The van der Waals surface area contributed by atoms with E-state index in [0.717, 1.165) is 0 Å². The predicted octanol–water partition coefficient (Wildman–Crippen LogP) is 4.05. The lowest BCUT2D eigenvalue weighted by Crippen LogP contribution is -1.89.